The van der Waals surface area contributed by atoms with Gasteiger partial charge in [0.25, 0.3) is 0 Å². The minimum absolute atomic E-state index is 0.0185. The number of aromatic carboxylic acids is 1. The molecule has 0 spiro atoms. The average molecular weight is 238 g/mol. The Morgan fingerprint density at radius 1 is 1.59 bits per heavy atom. The van der Waals surface area contributed by atoms with Crippen LogP contribution in [0.15, 0.2) is 18.3 Å². The Bertz CT molecular complexity index is 579. The van der Waals surface area contributed by atoms with Crippen molar-refractivity contribution in [2.75, 3.05) is 7.11 Å². The van der Waals surface area contributed by atoms with Crippen molar-refractivity contribution in [1.29, 1.82) is 0 Å². The van der Waals surface area contributed by atoms with E-state index < -0.39 is 18.0 Å². The van der Waals surface area contributed by atoms with Crippen LogP contribution < -0.4 is 0 Å². The highest BCUT2D eigenvalue weighted by Gasteiger charge is 2.20. The van der Waals surface area contributed by atoms with E-state index in [1.54, 1.807) is 6.92 Å². The molecule has 0 saturated heterocycles. The number of nitrogens with zero attached hydrogens (tertiary/aromatic N) is 2. The van der Waals surface area contributed by atoms with Gasteiger partial charge in [0, 0.05) is 12.7 Å². The number of carbonyl (C=O) groups is 1. The Kier molecular flexibility index (Phi) is 2.81. The Labute approximate surface area is 96.4 Å². The third kappa shape index (κ3) is 1.76. The average Bonchev–Trinajstić information content (AvgIpc) is 2.69. The normalized spacial score (nSPS) is 12.9. The lowest BCUT2D eigenvalue weighted by Crippen LogP contribution is -2.11. The van der Waals surface area contributed by atoms with E-state index in [2.05, 4.69) is 5.10 Å². The van der Waals surface area contributed by atoms with Gasteiger partial charge in [-0.05, 0) is 19.1 Å². The fourth-order valence-corrected chi connectivity index (χ4v) is 1.76. The van der Waals surface area contributed by atoms with Crippen molar-refractivity contribution in [2.24, 2.45) is 0 Å². The number of rotatable bonds is 3. The van der Waals surface area contributed by atoms with E-state index in [-0.39, 0.29) is 5.56 Å². The standard InChI is InChI=1S/C11H11FN2O3/c1-6(17-2)10-7(11(15)16)5-13-14-8(10)3-4-9(14)12/h3-6H,1-2H3,(H,15,16)/t6-/m0/s1. The number of carboxylic acids is 1. The van der Waals surface area contributed by atoms with Gasteiger partial charge in [0.05, 0.1) is 23.4 Å². The van der Waals surface area contributed by atoms with Gasteiger partial charge in [-0.15, -0.1) is 0 Å². The first-order valence-electron chi connectivity index (χ1n) is 4.98. The van der Waals surface area contributed by atoms with Crippen LogP contribution in [0.5, 0.6) is 0 Å². The molecule has 2 rings (SSSR count). The zero-order valence-corrected chi connectivity index (χ0v) is 9.35. The molecule has 0 amide bonds. The summed E-state index contributed by atoms with van der Waals surface area (Å²) in [6.07, 6.45) is 0.671. The van der Waals surface area contributed by atoms with Crippen LogP contribution in [-0.2, 0) is 4.74 Å². The van der Waals surface area contributed by atoms with Crippen LogP contribution >= 0.6 is 0 Å². The van der Waals surface area contributed by atoms with E-state index in [0.717, 1.165) is 10.7 Å². The number of fused-ring (bicyclic) bond motifs is 1. The van der Waals surface area contributed by atoms with Gasteiger partial charge in [-0.25, -0.2) is 9.31 Å². The van der Waals surface area contributed by atoms with Crippen LogP contribution in [0, 0.1) is 5.95 Å². The molecule has 1 atom stereocenters. The van der Waals surface area contributed by atoms with Gasteiger partial charge in [0.15, 0.2) is 0 Å². The van der Waals surface area contributed by atoms with E-state index in [0.29, 0.717) is 11.1 Å². The van der Waals surface area contributed by atoms with Crippen molar-refractivity contribution < 1.29 is 19.0 Å². The molecule has 0 aliphatic heterocycles. The minimum atomic E-state index is -1.11. The first kappa shape index (κ1) is 11.5. The van der Waals surface area contributed by atoms with E-state index in [1.165, 1.54) is 19.2 Å². The zero-order valence-electron chi connectivity index (χ0n) is 9.35. The Hall–Kier alpha value is -1.95. The molecular weight excluding hydrogens is 227 g/mol. The summed E-state index contributed by atoms with van der Waals surface area (Å²) in [7, 11) is 1.46. The van der Waals surface area contributed by atoms with Crippen LogP contribution in [0.4, 0.5) is 4.39 Å². The zero-order chi connectivity index (χ0) is 12.6. The van der Waals surface area contributed by atoms with Crippen molar-refractivity contribution in [3.63, 3.8) is 0 Å². The second-order valence-electron chi connectivity index (χ2n) is 3.61. The third-order valence-corrected chi connectivity index (χ3v) is 2.67. The highest BCUT2D eigenvalue weighted by atomic mass is 19.1. The summed E-state index contributed by atoms with van der Waals surface area (Å²) in [6.45, 7) is 1.70. The summed E-state index contributed by atoms with van der Waals surface area (Å²) < 4.78 is 19.5. The fourth-order valence-electron chi connectivity index (χ4n) is 1.76. The molecule has 0 fully saturated rings. The summed E-state index contributed by atoms with van der Waals surface area (Å²) in [5.74, 6) is -1.65. The van der Waals surface area contributed by atoms with Gasteiger partial charge >= 0.3 is 5.97 Å². The van der Waals surface area contributed by atoms with Gasteiger partial charge in [0.2, 0.25) is 5.95 Å². The molecule has 2 aromatic heterocycles. The van der Waals surface area contributed by atoms with Crippen molar-refractivity contribution in [3.8, 4) is 0 Å². The van der Waals surface area contributed by atoms with Crippen molar-refractivity contribution >= 4 is 11.5 Å². The van der Waals surface area contributed by atoms with Crippen LogP contribution in [-0.4, -0.2) is 27.8 Å². The number of ether oxygens (including phenoxy) is 1. The molecule has 2 heterocycles. The van der Waals surface area contributed by atoms with Crippen molar-refractivity contribution in [1.82, 2.24) is 9.61 Å². The lowest BCUT2D eigenvalue weighted by molar-refractivity contribution is 0.0682. The number of halogens is 1. The first-order valence-corrected chi connectivity index (χ1v) is 4.98. The van der Waals surface area contributed by atoms with Gasteiger partial charge in [-0.1, -0.05) is 0 Å². The number of hydrogen-bond donors (Lipinski definition) is 1. The van der Waals surface area contributed by atoms with Gasteiger partial charge in [0.1, 0.15) is 0 Å². The maximum absolute atomic E-state index is 13.3. The third-order valence-electron chi connectivity index (χ3n) is 2.67. The maximum Gasteiger partial charge on any atom is 0.337 e. The molecule has 0 unspecified atom stereocenters. The van der Waals surface area contributed by atoms with E-state index in [4.69, 9.17) is 9.84 Å². The van der Waals surface area contributed by atoms with Crippen molar-refractivity contribution in [2.45, 2.75) is 13.0 Å². The molecule has 1 N–H and O–H groups in total. The quantitative estimate of drug-likeness (QED) is 0.886. The molecule has 0 aliphatic rings. The number of hydrogen-bond acceptors (Lipinski definition) is 3. The number of aromatic nitrogens is 2. The van der Waals surface area contributed by atoms with Gasteiger partial charge in [-0.3, -0.25) is 0 Å². The monoisotopic (exact) mass is 238 g/mol. The molecule has 0 radical (unpaired) electrons. The molecular formula is C11H11FN2O3. The molecule has 17 heavy (non-hydrogen) atoms. The molecule has 5 nitrogen and oxygen atoms in total. The summed E-state index contributed by atoms with van der Waals surface area (Å²) in [5.41, 5.74) is 0.834. The summed E-state index contributed by atoms with van der Waals surface area (Å²) in [6, 6.07) is 2.72. The summed E-state index contributed by atoms with van der Waals surface area (Å²) >= 11 is 0. The lowest BCUT2D eigenvalue weighted by atomic mass is 10.1. The Morgan fingerprint density at radius 3 is 2.88 bits per heavy atom. The topological polar surface area (TPSA) is 63.8 Å². The second-order valence-corrected chi connectivity index (χ2v) is 3.61. The highest BCUT2D eigenvalue weighted by Crippen LogP contribution is 2.26. The van der Waals surface area contributed by atoms with Crippen LogP contribution in [0.1, 0.15) is 28.9 Å². The Morgan fingerprint density at radius 2 is 2.29 bits per heavy atom. The highest BCUT2D eigenvalue weighted by molar-refractivity contribution is 5.91. The molecule has 0 aromatic carbocycles. The lowest BCUT2D eigenvalue weighted by Gasteiger charge is -2.14. The second kappa shape index (κ2) is 4.14. The number of methoxy groups -OCH3 is 1. The molecule has 90 valence electrons. The smallest absolute Gasteiger partial charge is 0.337 e. The van der Waals surface area contributed by atoms with E-state index in [1.807, 2.05) is 0 Å². The first-order chi connectivity index (χ1) is 8.06. The van der Waals surface area contributed by atoms with Gasteiger partial charge in [-0.2, -0.15) is 9.49 Å². The predicted octanol–water partition coefficient (Wildman–Crippen LogP) is 1.88. The number of carboxylic acid groups (broad SMARTS) is 1. The SMILES string of the molecule is CO[C@@H](C)c1c(C(=O)O)cnn2c(F)ccc12. The maximum atomic E-state index is 13.3. The van der Waals surface area contributed by atoms with Gasteiger partial charge < -0.3 is 9.84 Å². The molecule has 6 heteroatoms. The summed E-state index contributed by atoms with van der Waals surface area (Å²) in [5, 5.41) is 12.8. The molecule has 0 saturated carbocycles. The molecule has 0 aliphatic carbocycles. The van der Waals surface area contributed by atoms with E-state index in [9.17, 15) is 9.18 Å². The Balaban J connectivity index is 2.79. The van der Waals surface area contributed by atoms with E-state index >= 15 is 0 Å². The largest absolute Gasteiger partial charge is 0.478 e. The van der Waals surface area contributed by atoms with Crippen molar-refractivity contribution in [3.05, 3.63) is 35.4 Å². The molecule has 0 bridgehead atoms. The minimum Gasteiger partial charge on any atom is -0.478 e. The van der Waals surface area contributed by atoms with Crippen LogP contribution in [0.25, 0.3) is 5.52 Å². The fraction of sp³-hybridized carbons (Fsp3) is 0.273. The molecule has 2 aromatic rings. The summed E-state index contributed by atoms with van der Waals surface area (Å²) in [4.78, 5) is 11.1. The van der Waals surface area contributed by atoms with Crippen LogP contribution in [0.3, 0.4) is 0 Å². The predicted molar refractivity (Wildman–Crippen MR) is 57.5 cm³/mol. The van der Waals surface area contributed by atoms with Crippen LogP contribution in [0.2, 0.25) is 0 Å².